The summed E-state index contributed by atoms with van der Waals surface area (Å²) in [5.74, 6) is -0.568. The molecule has 1 N–H and O–H groups in total. The van der Waals surface area contributed by atoms with Gasteiger partial charge in [0.05, 0.1) is 21.9 Å². The molecule has 0 amide bonds. The van der Waals surface area contributed by atoms with Gasteiger partial charge in [0.1, 0.15) is 0 Å². The number of pyridine rings is 1. The van der Waals surface area contributed by atoms with Crippen molar-refractivity contribution in [3.05, 3.63) is 15.3 Å². The first-order valence-corrected chi connectivity index (χ1v) is 6.80. The first-order valence-electron chi connectivity index (χ1n) is 5.73. The van der Waals surface area contributed by atoms with Crippen LogP contribution in [0.4, 0.5) is 0 Å². The van der Waals surface area contributed by atoms with Gasteiger partial charge in [0.2, 0.25) is 5.88 Å². The number of hydrogen-bond donors (Lipinski definition) is 1. The number of esters is 2. The van der Waals surface area contributed by atoms with Crippen LogP contribution in [-0.4, -0.2) is 22.0 Å². The summed E-state index contributed by atoms with van der Waals surface area (Å²) in [6.45, 7) is 2.96. The Balaban J connectivity index is 3.08. The molecule has 0 atom stereocenters. The third-order valence-electron chi connectivity index (χ3n) is 2.21. The van der Waals surface area contributed by atoms with Gasteiger partial charge in [-0.1, -0.05) is 13.8 Å². The van der Waals surface area contributed by atoms with Crippen LogP contribution in [0.1, 0.15) is 32.3 Å². The Morgan fingerprint density at radius 2 is 1.84 bits per heavy atom. The van der Waals surface area contributed by atoms with E-state index in [-0.39, 0.29) is 31.1 Å². The van der Waals surface area contributed by atoms with Crippen LogP contribution in [0.25, 0.3) is 0 Å². The van der Waals surface area contributed by atoms with Crippen molar-refractivity contribution in [1.82, 2.24) is 4.98 Å². The summed E-state index contributed by atoms with van der Waals surface area (Å²) in [4.78, 5) is 26.4. The molecule has 0 spiro atoms. The fourth-order valence-corrected chi connectivity index (χ4v) is 1.82. The third kappa shape index (κ3) is 4.13. The van der Waals surface area contributed by atoms with Gasteiger partial charge in [-0.05, 0) is 22.6 Å². The Kier molecular flexibility index (Phi) is 6.16. The molecule has 1 aromatic rings. The maximum atomic E-state index is 11.2. The van der Waals surface area contributed by atoms with Crippen LogP contribution in [0.15, 0.2) is 6.20 Å². The monoisotopic (exact) mass is 379 g/mol. The van der Waals surface area contributed by atoms with Crippen LogP contribution < -0.4 is 9.47 Å². The van der Waals surface area contributed by atoms with Gasteiger partial charge in [0.25, 0.3) is 0 Å². The molecule has 0 aliphatic heterocycles. The summed E-state index contributed by atoms with van der Waals surface area (Å²) < 4.78 is 10.6. The van der Waals surface area contributed by atoms with Crippen LogP contribution in [-0.2, 0) is 16.2 Å². The summed E-state index contributed by atoms with van der Waals surface area (Å²) in [5, 5.41) is 9.32. The lowest BCUT2D eigenvalue weighted by Crippen LogP contribution is -2.12. The topological polar surface area (TPSA) is 85.7 Å². The van der Waals surface area contributed by atoms with E-state index in [0.29, 0.717) is 9.13 Å². The molecule has 0 aliphatic carbocycles. The Morgan fingerprint density at radius 3 is 2.37 bits per heavy atom. The molecule has 0 aliphatic rings. The number of carbonyl (C=O) groups is 2. The van der Waals surface area contributed by atoms with Crippen molar-refractivity contribution in [2.75, 3.05) is 0 Å². The van der Waals surface area contributed by atoms with E-state index in [2.05, 4.69) is 4.98 Å². The van der Waals surface area contributed by atoms with E-state index in [1.54, 1.807) is 13.8 Å². The predicted octanol–water partition coefficient (Wildman–Crippen LogP) is 1.81. The molecule has 6 nitrogen and oxygen atoms in total. The standard InChI is InChI=1S/C12H14INO5/c1-3-9(16)18-8-5-14-12(19-10(17)4-2)7(6-15)11(8)13/h5,15H,3-4,6H2,1-2H3. The minimum Gasteiger partial charge on any atom is -0.424 e. The number of aliphatic hydroxyl groups excluding tert-OH is 1. The lowest BCUT2D eigenvalue weighted by Gasteiger charge is -2.12. The molecule has 0 fully saturated rings. The van der Waals surface area contributed by atoms with E-state index in [1.165, 1.54) is 6.20 Å². The molecule has 7 heteroatoms. The number of halogens is 1. The molecular weight excluding hydrogens is 365 g/mol. The largest absolute Gasteiger partial charge is 0.424 e. The zero-order valence-electron chi connectivity index (χ0n) is 10.6. The average Bonchev–Trinajstić information content (AvgIpc) is 2.41. The first kappa shape index (κ1) is 15.8. The van der Waals surface area contributed by atoms with Crippen molar-refractivity contribution in [3.8, 4) is 11.6 Å². The van der Waals surface area contributed by atoms with Gasteiger partial charge in [-0.3, -0.25) is 9.59 Å². The van der Waals surface area contributed by atoms with E-state index >= 15 is 0 Å². The smallest absolute Gasteiger partial charge is 0.312 e. The molecule has 0 bridgehead atoms. The van der Waals surface area contributed by atoms with Crippen molar-refractivity contribution >= 4 is 34.5 Å². The second-order valence-electron chi connectivity index (χ2n) is 3.53. The fourth-order valence-electron chi connectivity index (χ4n) is 1.17. The molecule has 19 heavy (non-hydrogen) atoms. The average molecular weight is 379 g/mol. The van der Waals surface area contributed by atoms with Gasteiger partial charge in [0.15, 0.2) is 5.75 Å². The van der Waals surface area contributed by atoms with Gasteiger partial charge in [-0.25, -0.2) is 4.98 Å². The van der Waals surface area contributed by atoms with Gasteiger partial charge in [-0.2, -0.15) is 0 Å². The second kappa shape index (κ2) is 7.39. The molecule has 1 rings (SSSR count). The van der Waals surface area contributed by atoms with Crippen molar-refractivity contribution in [2.24, 2.45) is 0 Å². The highest BCUT2D eigenvalue weighted by Crippen LogP contribution is 2.30. The minimum atomic E-state index is -0.448. The summed E-state index contributed by atoms with van der Waals surface area (Å²) >= 11 is 1.91. The number of ether oxygens (including phenoxy) is 2. The van der Waals surface area contributed by atoms with Crippen LogP contribution >= 0.6 is 22.6 Å². The van der Waals surface area contributed by atoms with Gasteiger partial charge < -0.3 is 14.6 Å². The quantitative estimate of drug-likeness (QED) is 0.621. The molecule has 0 aromatic carbocycles. The van der Waals surface area contributed by atoms with E-state index in [4.69, 9.17) is 9.47 Å². The number of carbonyl (C=O) groups excluding carboxylic acids is 2. The molecule has 0 saturated carbocycles. The highest BCUT2D eigenvalue weighted by atomic mass is 127. The zero-order chi connectivity index (χ0) is 14.4. The lowest BCUT2D eigenvalue weighted by atomic mass is 10.2. The zero-order valence-corrected chi connectivity index (χ0v) is 12.8. The lowest BCUT2D eigenvalue weighted by molar-refractivity contribution is -0.135. The van der Waals surface area contributed by atoms with Gasteiger partial charge >= 0.3 is 11.9 Å². The van der Waals surface area contributed by atoms with E-state index in [1.807, 2.05) is 22.6 Å². The Labute approximate surface area is 124 Å². The molecule has 0 radical (unpaired) electrons. The normalized spacial score (nSPS) is 10.1. The van der Waals surface area contributed by atoms with Crippen molar-refractivity contribution in [3.63, 3.8) is 0 Å². The van der Waals surface area contributed by atoms with E-state index in [9.17, 15) is 14.7 Å². The van der Waals surface area contributed by atoms with Crippen LogP contribution in [0.3, 0.4) is 0 Å². The summed E-state index contributed by atoms with van der Waals surface area (Å²) in [6.07, 6.45) is 1.74. The van der Waals surface area contributed by atoms with Gasteiger partial charge in [-0.15, -0.1) is 0 Å². The summed E-state index contributed by atoms with van der Waals surface area (Å²) in [6, 6.07) is 0. The molecule has 1 aromatic heterocycles. The van der Waals surface area contributed by atoms with Crippen molar-refractivity contribution < 1.29 is 24.2 Å². The second-order valence-corrected chi connectivity index (χ2v) is 4.61. The highest BCUT2D eigenvalue weighted by Gasteiger charge is 2.17. The molecule has 104 valence electrons. The Morgan fingerprint density at radius 1 is 1.26 bits per heavy atom. The fraction of sp³-hybridized carbons (Fsp3) is 0.417. The summed E-state index contributed by atoms with van der Waals surface area (Å²) in [5.41, 5.74) is 0.323. The third-order valence-corrected chi connectivity index (χ3v) is 3.39. The number of aliphatic hydroxyl groups is 1. The van der Waals surface area contributed by atoms with Crippen LogP contribution in [0.2, 0.25) is 0 Å². The maximum Gasteiger partial charge on any atom is 0.312 e. The van der Waals surface area contributed by atoms with Crippen LogP contribution in [0, 0.1) is 3.57 Å². The highest BCUT2D eigenvalue weighted by molar-refractivity contribution is 14.1. The number of hydrogen-bond acceptors (Lipinski definition) is 6. The molecule has 0 unspecified atom stereocenters. The predicted molar refractivity (Wildman–Crippen MR) is 74.7 cm³/mol. The number of nitrogens with zero attached hydrogens (tertiary/aromatic N) is 1. The molecular formula is C12H14INO5. The summed E-state index contributed by atoms with van der Waals surface area (Å²) in [7, 11) is 0. The SMILES string of the molecule is CCC(=O)Oc1cnc(OC(=O)CC)c(CO)c1I. The van der Waals surface area contributed by atoms with Gasteiger partial charge in [0, 0.05) is 12.8 Å². The van der Waals surface area contributed by atoms with Crippen molar-refractivity contribution in [1.29, 1.82) is 0 Å². The minimum absolute atomic E-state index is 0.0371. The van der Waals surface area contributed by atoms with E-state index < -0.39 is 11.9 Å². The molecule has 1 heterocycles. The van der Waals surface area contributed by atoms with Crippen molar-refractivity contribution in [2.45, 2.75) is 33.3 Å². The number of rotatable bonds is 5. The molecule has 0 saturated heterocycles. The maximum absolute atomic E-state index is 11.2. The first-order chi connectivity index (χ1) is 9.03. The number of aromatic nitrogens is 1. The Bertz CT molecular complexity index is 489. The van der Waals surface area contributed by atoms with Crippen LogP contribution in [0.5, 0.6) is 11.6 Å². The Hall–Kier alpha value is -1.22. The van der Waals surface area contributed by atoms with E-state index in [0.717, 1.165) is 0 Å².